The lowest BCUT2D eigenvalue weighted by Gasteiger charge is -2.34. The largest absolute Gasteiger partial charge is 0.337 e. The first-order valence-corrected chi connectivity index (χ1v) is 9.25. The smallest absolute Gasteiger partial charge is 0.266 e. The van der Waals surface area contributed by atoms with Gasteiger partial charge in [-0.2, -0.15) is 0 Å². The van der Waals surface area contributed by atoms with Crippen LogP contribution >= 0.6 is 11.6 Å². The minimum absolute atomic E-state index is 0.0490. The average Bonchev–Trinajstić information content (AvgIpc) is 3.36. The molecule has 0 unspecified atom stereocenters. The molecule has 1 amide bonds. The summed E-state index contributed by atoms with van der Waals surface area (Å²) >= 11 is 5.87. The van der Waals surface area contributed by atoms with Crippen LogP contribution in [0.2, 0.25) is 5.02 Å². The summed E-state index contributed by atoms with van der Waals surface area (Å²) in [6, 6.07) is 1.86. The van der Waals surface area contributed by atoms with Crippen molar-refractivity contribution in [3.8, 4) is 0 Å². The number of amides is 1. The van der Waals surface area contributed by atoms with Gasteiger partial charge in [0.05, 0.1) is 5.56 Å². The Morgan fingerprint density at radius 2 is 2.12 bits per heavy atom. The van der Waals surface area contributed by atoms with Gasteiger partial charge < -0.3 is 9.88 Å². The summed E-state index contributed by atoms with van der Waals surface area (Å²) in [5.74, 6) is 1.30. The fraction of sp³-hybridized carbons (Fsp3) is 0.667. The number of carbonyl (C=O) groups excluding carboxylic acids is 1. The third-order valence-electron chi connectivity index (χ3n) is 5.10. The average molecular weight is 352 g/mol. The summed E-state index contributed by atoms with van der Waals surface area (Å²) in [6.07, 6.45) is 5.15. The Morgan fingerprint density at radius 1 is 1.38 bits per heavy atom. The normalized spacial score (nSPS) is 22.7. The van der Waals surface area contributed by atoms with Gasteiger partial charge in [0.1, 0.15) is 5.02 Å². The van der Waals surface area contributed by atoms with Gasteiger partial charge in [0.15, 0.2) is 0 Å². The van der Waals surface area contributed by atoms with Crippen LogP contribution in [0.5, 0.6) is 0 Å². The highest BCUT2D eigenvalue weighted by molar-refractivity contribution is 6.30. The minimum Gasteiger partial charge on any atom is -0.337 e. The number of aromatic amines is 1. The van der Waals surface area contributed by atoms with Gasteiger partial charge in [-0.25, -0.2) is 0 Å². The van der Waals surface area contributed by atoms with E-state index in [9.17, 15) is 9.59 Å². The first-order chi connectivity index (χ1) is 11.5. The topological polar surface area (TPSA) is 56.4 Å². The summed E-state index contributed by atoms with van der Waals surface area (Å²) in [7, 11) is 0. The van der Waals surface area contributed by atoms with Gasteiger partial charge in [-0.3, -0.25) is 14.5 Å². The molecule has 3 rings (SSSR count). The van der Waals surface area contributed by atoms with Crippen LogP contribution in [0.25, 0.3) is 0 Å². The van der Waals surface area contributed by atoms with Crippen LogP contribution in [-0.4, -0.2) is 52.9 Å². The highest BCUT2D eigenvalue weighted by atomic mass is 35.5. The molecule has 5 nitrogen and oxygen atoms in total. The van der Waals surface area contributed by atoms with Gasteiger partial charge in [0.25, 0.3) is 11.5 Å². The Balaban J connectivity index is 1.75. The van der Waals surface area contributed by atoms with Crippen molar-refractivity contribution >= 4 is 17.5 Å². The van der Waals surface area contributed by atoms with E-state index in [2.05, 4.69) is 23.7 Å². The molecule has 2 fully saturated rings. The number of nitrogens with one attached hydrogen (secondary N) is 1. The molecule has 1 atom stereocenters. The number of hydrogen-bond donors (Lipinski definition) is 1. The second-order valence-corrected chi connectivity index (χ2v) is 7.83. The SMILES string of the molecule is CC(C)[C@H]1CN(C(=O)c2c[nH]c(=O)c(Cl)c2)CCCN1CC1CC1. The van der Waals surface area contributed by atoms with Crippen molar-refractivity contribution in [2.75, 3.05) is 26.2 Å². The second kappa shape index (κ2) is 7.28. The maximum absolute atomic E-state index is 12.9. The van der Waals surface area contributed by atoms with Crippen LogP contribution in [0, 0.1) is 11.8 Å². The Bertz CT molecular complexity index is 654. The van der Waals surface area contributed by atoms with Crippen LogP contribution < -0.4 is 5.56 Å². The lowest BCUT2D eigenvalue weighted by Crippen LogP contribution is -2.46. The number of rotatable bonds is 4. The van der Waals surface area contributed by atoms with Crippen molar-refractivity contribution in [1.82, 2.24) is 14.8 Å². The molecule has 0 spiro atoms. The molecule has 0 bridgehead atoms. The van der Waals surface area contributed by atoms with Crippen molar-refractivity contribution in [3.05, 3.63) is 33.2 Å². The van der Waals surface area contributed by atoms with Crippen molar-refractivity contribution < 1.29 is 4.79 Å². The summed E-state index contributed by atoms with van der Waals surface area (Å²) < 4.78 is 0. The van der Waals surface area contributed by atoms with Gasteiger partial charge in [0, 0.05) is 38.4 Å². The number of halogens is 1. The van der Waals surface area contributed by atoms with Gasteiger partial charge in [-0.1, -0.05) is 25.4 Å². The van der Waals surface area contributed by atoms with Crippen molar-refractivity contribution in [3.63, 3.8) is 0 Å². The Morgan fingerprint density at radius 3 is 2.75 bits per heavy atom. The summed E-state index contributed by atoms with van der Waals surface area (Å²) in [6.45, 7) is 8.16. The second-order valence-electron chi connectivity index (χ2n) is 7.42. The molecule has 2 aliphatic rings. The predicted octanol–water partition coefficient (Wildman–Crippen LogP) is 2.61. The van der Waals surface area contributed by atoms with Gasteiger partial charge in [0.2, 0.25) is 0 Å². The maximum atomic E-state index is 12.9. The summed E-state index contributed by atoms with van der Waals surface area (Å²) in [5, 5.41) is 0.0615. The molecule has 6 heteroatoms. The summed E-state index contributed by atoms with van der Waals surface area (Å²) in [5.41, 5.74) is 0.0949. The van der Waals surface area contributed by atoms with Gasteiger partial charge in [-0.05, 0) is 37.2 Å². The van der Waals surface area contributed by atoms with Crippen molar-refractivity contribution in [2.24, 2.45) is 11.8 Å². The first kappa shape index (κ1) is 17.5. The molecular formula is C18H26ClN3O2. The van der Waals surface area contributed by atoms with Crippen molar-refractivity contribution in [1.29, 1.82) is 0 Å². The van der Waals surface area contributed by atoms with Crippen LogP contribution in [-0.2, 0) is 0 Å². The van der Waals surface area contributed by atoms with E-state index in [0.29, 0.717) is 17.5 Å². The van der Waals surface area contributed by atoms with Crippen molar-refractivity contribution in [2.45, 2.75) is 39.2 Å². The Labute approximate surface area is 148 Å². The molecule has 24 heavy (non-hydrogen) atoms. The Hall–Kier alpha value is -1.33. The van der Waals surface area contributed by atoms with E-state index < -0.39 is 0 Å². The van der Waals surface area contributed by atoms with Gasteiger partial charge in [-0.15, -0.1) is 0 Å². The monoisotopic (exact) mass is 351 g/mol. The van der Waals surface area contributed by atoms with Crippen LogP contribution in [0.3, 0.4) is 0 Å². The number of aromatic nitrogens is 1. The van der Waals surface area contributed by atoms with E-state index in [1.165, 1.54) is 25.1 Å². The molecule has 0 aromatic carbocycles. The molecule has 1 aliphatic heterocycles. The Kier molecular flexibility index (Phi) is 5.30. The minimum atomic E-state index is -0.361. The molecular weight excluding hydrogens is 326 g/mol. The number of carbonyl (C=O) groups is 1. The summed E-state index contributed by atoms with van der Waals surface area (Å²) in [4.78, 5) is 31.3. The molecule has 0 radical (unpaired) electrons. The molecule has 132 valence electrons. The molecule has 2 heterocycles. The number of H-pyrrole nitrogens is 1. The highest BCUT2D eigenvalue weighted by Gasteiger charge is 2.33. The maximum Gasteiger partial charge on any atom is 0.266 e. The first-order valence-electron chi connectivity index (χ1n) is 8.87. The van der Waals surface area contributed by atoms with Crippen LogP contribution in [0.4, 0.5) is 0 Å². The van der Waals surface area contributed by atoms with Crippen LogP contribution in [0.1, 0.15) is 43.5 Å². The molecule has 1 saturated carbocycles. The molecule has 1 aromatic heterocycles. The number of hydrogen-bond acceptors (Lipinski definition) is 3. The third-order valence-corrected chi connectivity index (χ3v) is 5.38. The van der Waals surface area contributed by atoms with E-state index in [1.54, 1.807) is 0 Å². The van der Waals surface area contributed by atoms with Gasteiger partial charge >= 0.3 is 0 Å². The lowest BCUT2D eigenvalue weighted by atomic mass is 10.0. The lowest BCUT2D eigenvalue weighted by molar-refractivity contribution is 0.0704. The zero-order chi connectivity index (χ0) is 17.3. The zero-order valence-electron chi connectivity index (χ0n) is 14.4. The molecule has 1 aromatic rings. The molecule has 1 saturated heterocycles. The fourth-order valence-corrected chi connectivity index (χ4v) is 3.67. The number of nitrogens with zero attached hydrogens (tertiary/aromatic N) is 2. The van der Waals surface area contributed by atoms with Crippen LogP contribution in [0.15, 0.2) is 17.1 Å². The van der Waals surface area contributed by atoms with E-state index in [-0.39, 0.29) is 16.5 Å². The fourth-order valence-electron chi connectivity index (χ4n) is 3.50. The zero-order valence-corrected chi connectivity index (χ0v) is 15.2. The quantitative estimate of drug-likeness (QED) is 0.907. The predicted molar refractivity (Wildman–Crippen MR) is 95.5 cm³/mol. The standard InChI is InChI=1S/C18H26ClN3O2/c1-12(2)16-11-22(7-3-6-21(16)10-13-4-5-13)18(24)14-8-15(19)17(23)20-9-14/h8-9,12-13,16H,3-7,10-11H2,1-2H3,(H,20,23)/t16-/m1/s1. The third kappa shape index (κ3) is 4.01. The highest BCUT2D eigenvalue weighted by Crippen LogP contribution is 2.32. The molecule has 1 aliphatic carbocycles. The molecule has 1 N–H and O–H groups in total. The van der Waals surface area contributed by atoms with E-state index in [0.717, 1.165) is 38.5 Å². The van der Waals surface area contributed by atoms with E-state index >= 15 is 0 Å². The van der Waals surface area contributed by atoms with E-state index in [4.69, 9.17) is 11.6 Å². The number of pyridine rings is 1. The van der Waals surface area contributed by atoms with E-state index in [1.807, 2.05) is 4.90 Å².